The second kappa shape index (κ2) is 7.81. The van der Waals surface area contributed by atoms with Gasteiger partial charge < -0.3 is 10.0 Å². The van der Waals surface area contributed by atoms with Crippen molar-refractivity contribution in [2.45, 2.75) is 46.6 Å². The van der Waals surface area contributed by atoms with Crippen molar-refractivity contribution in [1.82, 2.24) is 4.90 Å². The average Bonchev–Trinajstić information content (AvgIpc) is 2.36. The third-order valence-electron chi connectivity index (χ3n) is 3.07. The number of carboxylic acid groups (broad SMARTS) is 1. The lowest BCUT2D eigenvalue weighted by Crippen LogP contribution is -2.34. The molecule has 0 heterocycles. The minimum atomic E-state index is -0.821. The Balaban J connectivity index is 2.69. The topological polar surface area (TPSA) is 57.6 Å². The van der Waals surface area contributed by atoms with E-state index in [-0.39, 0.29) is 17.7 Å². The van der Waals surface area contributed by atoms with Crippen LogP contribution in [0.4, 0.5) is 0 Å². The molecule has 0 unspecified atom stereocenters. The van der Waals surface area contributed by atoms with E-state index in [0.29, 0.717) is 25.9 Å². The number of carboxylic acids is 1. The molecule has 1 rings (SSSR count). The molecule has 4 heteroatoms. The minimum Gasteiger partial charge on any atom is -0.481 e. The van der Waals surface area contributed by atoms with Crippen LogP contribution >= 0.6 is 0 Å². The number of benzene rings is 1. The maximum Gasteiger partial charge on any atom is 0.303 e. The van der Waals surface area contributed by atoms with Gasteiger partial charge in [-0.05, 0) is 17.4 Å². The number of rotatable bonds is 7. The molecule has 1 amide bonds. The number of amides is 1. The summed E-state index contributed by atoms with van der Waals surface area (Å²) in [6, 6.07) is 9.79. The Morgan fingerprint density at radius 1 is 1.14 bits per heavy atom. The van der Waals surface area contributed by atoms with E-state index in [1.54, 1.807) is 4.90 Å². The molecule has 0 saturated carbocycles. The zero-order chi connectivity index (χ0) is 15.9. The Morgan fingerprint density at radius 2 is 1.76 bits per heavy atom. The highest BCUT2D eigenvalue weighted by molar-refractivity contribution is 5.77. The first-order valence-corrected chi connectivity index (χ1v) is 7.31. The molecular weight excluding hydrogens is 266 g/mol. The van der Waals surface area contributed by atoms with E-state index in [4.69, 9.17) is 5.11 Å². The van der Waals surface area contributed by atoms with E-state index in [9.17, 15) is 9.59 Å². The van der Waals surface area contributed by atoms with Gasteiger partial charge in [-0.15, -0.1) is 0 Å². The molecule has 0 aromatic heterocycles. The van der Waals surface area contributed by atoms with Gasteiger partial charge in [-0.1, -0.05) is 51.1 Å². The third kappa shape index (κ3) is 7.49. The molecule has 4 nitrogen and oxygen atoms in total. The van der Waals surface area contributed by atoms with E-state index in [0.717, 1.165) is 5.56 Å². The van der Waals surface area contributed by atoms with E-state index >= 15 is 0 Å². The van der Waals surface area contributed by atoms with Gasteiger partial charge in [-0.3, -0.25) is 9.59 Å². The van der Waals surface area contributed by atoms with Crippen molar-refractivity contribution in [3.8, 4) is 0 Å². The van der Waals surface area contributed by atoms with Crippen LogP contribution in [0.25, 0.3) is 0 Å². The van der Waals surface area contributed by atoms with Crippen LogP contribution in [0.15, 0.2) is 30.3 Å². The molecule has 0 aliphatic rings. The fourth-order valence-corrected chi connectivity index (χ4v) is 2.08. The van der Waals surface area contributed by atoms with E-state index in [1.807, 2.05) is 51.1 Å². The van der Waals surface area contributed by atoms with Crippen molar-refractivity contribution in [3.05, 3.63) is 35.9 Å². The molecule has 0 aliphatic carbocycles. The zero-order valence-electron chi connectivity index (χ0n) is 13.1. The predicted octanol–water partition coefficient (Wildman–Crippen LogP) is 3.32. The molecule has 1 aromatic rings. The Hall–Kier alpha value is -1.84. The van der Waals surface area contributed by atoms with E-state index < -0.39 is 5.97 Å². The Morgan fingerprint density at radius 3 is 2.29 bits per heavy atom. The highest BCUT2D eigenvalue weighted by atomic mass is 16.4. The van der Waals surface area contributed by atoms with Gasteiger partial charge in [-0.2, -0.15) is 0 Å². The summed E-state index contributed by atoms with van der Waals surface area (Å²) in [5, 5.41) is 8.74. The van der Waals surface area contributed by atoms with Gasteiger partial charge in [0.05, 0.1) is 0 Å². The molecule has 0 radical (unpaired) electrons. The number of carbonyl (C=O) groups is 2. The van der Waals surface area contributed by atoms with Gasteiger partial charge in [0, 0.05) is 25.9 Å². The van der Waals surface area contributed by atoms with Gasteiger partial charge in [0.1, 0.15) is 0 Å². The molecule has 0 aliphatic heterocycles. The van der Waals surface area contributed by atoms with E-state index in [1.165, 1.54) is 0 Å². The van der Waals surface area contributed by atoms with Gasteiger partial charge in [0.2, 0.25) is 5.91 Å². The van der Waals surface area contributed by atoms with E-state index in [2.05, 4.69) is 0 Å². The van der Waals surface area contributed by atoms with Crippen LogP contribution in [0.1, 0.15) is 45.6 Å². The van der Waals surface area contributed by atoms with Crippen LogP contribution in [0.5, 0.6) is 0 Å². The maximum atomic E-state index is 12.4. The highest BCUT2D eigenvalue weighted by Crippen LogP contribution is 2.21. The second-order valence-electron chi connectivity index (χ2n) is 6.54. The van der Waals surface area contributed by atoms with Crippen molar-refractivity contribution in [2.75, 3.05) is 6.54 Å². The normalized spacial score (nSPS) is 11.2. The van der Waals surface area contributed by atoms with Gasteiger partial charge in [-0.25, -0.2) is 0 Å². The van der Waals surface area contributed by atoms with Crippen molar-refractivity contribution < 1.29 is 14.7 Å². The summed E-state index contributed by atoms with van der Waals surface area (Å²) in [4.78, 5) is 24.8. The molecule has 1 aromatic carbocycles. The molecule has 1 N–H and O–H groups in total. The third-order valence-corrected chi connectivity index (χ3v) is 3.07. The number of hydrogen-bond donors (Lipinski definition) is 1. The van der Waals surface area contributed by atoms with Gasteiger partial charge >= 0.3 is 5.97 Å². The fraction of sp³-hybridized carbons (Fsp3) is 0.529. The SMILES string of the molecule is CC(C)(C)CC(=O)N(CCCC(=O)O)Cc1ccccc1. The predicted molar refractivity (Wildman–Crippen MR) is 82.8 cm³/mol. The first-order valence-electron chi connectivity index (χ1n) is 7.31. The smallest absolute Gasteiger partial charge is 0.303 e. The van der Waals surface area contributed by atoms with Crippen molar-refractivity contribution in [3.63, 3.8) is 0 Å². The summed E-state index contributed by atoms with van der Waals surface area (Å²) in [6.07, 6.45) is 1.04. The summed E-state index contributed by atoms with van der Waals surface area (Å²) in [6.45, 7) is 7.11. The number of nitrogens with zero attached hydrogens (tertiary/aromatic N) is 1. The lowest BCUT2D eigenvalue weighted by molar-refractivity contribution is -0.138. The van der Waals surface area contributed by atoms with Crippen molar-refractivity contribution in [1.29, 1.82) is 0 Å². The summed E-state index contributed by atoms with van der Waals surface area (Å²) in [7, 11) is 0. The average molecular weight is 291 g/mol. The van der Waals surface area contributed by atoms with Gasteiger partial charge in [0.25, 0.3) is 0 Å². The lowest BCUT2D eigenvalue weighted by Gasteiger charge is -2.27. The molecular formula is C17H25NO3. The van der Waals surface area contributed by atoms with Crippen molar-refractivity contribution in [2.24, 2.45) is 5.41 Å². The monoisotopic (exact) mass is 291 g/mol. The minimum absolute atomic E-state index is 0.0706. The largest absolute Gasteiger partial charge is 0.481 e. The molecule has 0 fully saturated rings. The Labute approximate surface area is 126 Å². The summed E-state index contributed by atoms with van der Waals surface area (Å²) < 4.78 is 0. The molecule has 0 bridgehead atoms. The standard InChI is InChI=1S/C17H25NO3/c1-17(2,3)12-15(19)18(11-7-10-16(20)21)13-14-8-5-4-6-9-14/h4-6,8-9H,7,10-13H2,1-3H3,(H,20,21). The zero-order valence-corrected chi connectivity index (χ0v) is 13.1. The molecule has 116 valence electrons. The lowest BCUT2D eigenvalue weighted by atomic mass is 9.91. The van der Waals surface area contributed by atoms with Gasteiger partial charge in [0.15, 0.2) is 0 Å². The van der Waals surface area contributed by atoms with Crippen LogP contribution < -0.4 is 0 Å². The van der Waals surface area contributed by atoms with Crippen LogP contribution in [0, 0.1) is 5.41 Å². The first kappa shape index (κ1) is 17.2. The van der Waals surface area contributed by atoms with Crippen LogP contribution in [0.2, 0.25) is 0 Å². The molecule has 0 saturated heterocycles. The number of carbonyl (C=O) groups excluding carboxylic acids is 1. The number of aliphatic carboxylic acids is 1. The molecule has 0 spiro atoms. The quantitative estimate of drug-likeness (QED) is 0.838. The summed E-state index contributed by atoms with van der Waals surface area (Å²) in [5.41, 5.74) is 0.994. The Bertz CT molecular complexity index is 463. The summed E-state index contributed by atoms with van der Waals surface area (Å²) in [5.74, 6) is -0.741. The van der Waals surface area contributed by atoms with Crippen molar-refractivity contribution >= 4 is 11.9 Å². The Kier molecular flexibility index (Phi) is 6.40. The maximum absolute atomic E-state index is 12.4. The van der Waals surface area contributed by atoms with Crippen LogP contribution in [-0.2, 0) is 16.1 Å². The highest BCUT2D eigenvalue weighted by Gasteiger charge is 2.21. The second-order valence-corrected chi connectivity index (χ2v) is 6.54. The summed E-state index contributed by atoms with van der Waals surface area (Å²) >= 11 is 0. The van der Waals surface area contributed by atoms with Crippen LogP contribution in [-0.4, -0.2) is 28.4 Å². The first-order chi connectivity index (χ1) is 9.78. The molecule has 0 atom stereocenters. The number of hydrogen-bond acceptors (Lipinski definition) is 2. The fourth-order valence-electron chi connectivity index (χ4n) is 2.08. The van der Waals surface area contributed by atoms with Crippen LogP contribution in [0.3, 0.4) is 0 Å². The molecule has 21 heavy (non-hydrogen) atoms.